The van der Waals surface area contributed by atoms with E-state index >= 15 is 0 Å². The molecule has 104 valence electrons. The second-order valence-electron chi connectivity index (χ2n) is 4.71. The van der Waals surface area contributed by atoms with E-state index in [1.165, 1.54) is 0 Å². The van der Waals surface area contributed by atoms with Crippen LogP contribution in [0.1, 0.15) is 5.69 Å². The van der Waals surface area contributed by atoms with Crippen LogP contribution in [0.3, 0.4) is 0 Å². The van der Waals surface area contributed by atoms with E-state index < -0.39 is 0 Å². The van der Waals surface area contributed by atoms with E-state index in [0.717, 1.165) is 17.1 Å². The number of anilines is 3. The van der Waals surface area contributed by atoms with Crippen LogP contribution in [-0.4, -0.2) is 25.1 Å². The molecular formula is C15H18N4O. The molecule has 1 aromatic carbocycles. The Morgan fingerprint density at radius 2 is 1.60 bits per heavy atom. The van der Waals surface area contributed by atoms with Crippen molar-refractivity contribution < 1.29 is 4.79 Å². The van der Waals surface area contributed by atoms with E-state index in [-0.39, 0.29) is 6.03 Å². The van der Waals surface area contributed by atoms with Gasteiger partial charge in [-0.3, -0.25) is 4.98 Å². The molecule has 2 N–H and O–H groups in total. The van der Waals surface area contributed by atoms with Gasteiger partial charge in [0, 0.05) is 31.2 Å². The Bertz CT molecular complexity index is 576. The third-order valence-corrected chi connectivity index (χ3v) is 2.81. The van der Waals surface area contributed by atoms with Crippen LogP contribution in [0.15, 0.2) is 42.6 Å². The minimum absolute atomic E-state index is 0.284. The van der Waals surface area contributed by atoms with Crippen LogP contribution in [0.4, 0.5) is 21.9 Å². The first-order valence-electron chi connectivity index (χ1n) is 6.32. The third kappa shape index (κ3) is 3.71. The number of pyridine rings is 1. The molecule has 0 spiro atoms. The molecule has 0 aliphatic rings. The number of amides is 2. The summed E-state index contributed by atoms with van der Waals surface area (Å²) in [6.07, 6.45) is 1.63. The van der Waals surface area contributed by atoms with Crippen molar-refractivity contribution in [3.05, 3.63) is 48.3 Å². The summed E-state index contributed by atoms with van der Waals surface area (Å²) in [5, 5.41) is 5.51. The highest BCUT2D eigenvalue weighted by atomic mass is 16.2. The van der Waals surface area contributed by atoms with Crippen LogP contribution in [0.2, 0.25) is 0 Å². The summed E-state index contributed by atoms with van der Waals surface area (Å²) in [6, 6.07) is 11.0. The number of aromatic nitrogens is 1. The van der Waals surface area contributed by atoms with Gasteiger partial charge in [0.25, 0.3) is 0 Å². The highest BCUT2D eigenvalue weighted by molar-refractivity contribution is 5.99. The molecule has 20 heavy (non-hydrogen) atoms. The Morgan fingerprint density at radius 1 is 1.00 bits per heavy atom. The number of carbonyl (C=O) groups is 1. The fourth-order valence-corrected chi connectivity index (χ4v) is 1.68. The minimum atomic E-state index is -0.284. The first kappa shape index (κ1) is 13.9. The Morgan fingerprint density at radius 3 is 2.15 bits per heavy atom. The highest BCUT2D eigenvalue weighted by Crippen LogP contribution is 2.16. The van der Waals surface area contributed by atoms with Gasteiger partial charge in [0.15, 0.2) is 0 Å². The summed E-state index contributed by atoms with van der Waals surface area (Å²) in [5.41, 5.74) is 3.40. The lowest BCUT2D eigenvalue weighted by molar-refractivity contribution is 0.262. The molecule has 0 unspecified atom stereocenters. The molecule has 2 aromatic rings. The van der Waals surface area contributed by atoms with Crippen molar-refractivity contribution in [1.29, 1.82) is 0 Å². The average Bonchev–Trinajstić information content (AvgIpc) is 2.42. The largest absolute Gasteiger partial charge is 0.378 e. The van der Waals surface area contributed by atoms with Crippen molar-refractivity contribution in [2.45, 2.75) is 6.92 Å². The van der Waals surface area contributed by atoms with Gasteiger partial charge in [-0.25, -0.2) is 4.79 Å². The van der Waals surface area contributed by atoms with Gasteiger partial charge >= 0.3 is 6.03 Å². The number of hydrogen-bond donors (Lipinski definition) is 2. The molecular weight excluding hydrogens is 252 g/mol. The zero-order chi connectivity index (χ0) is 14.5. The maximum atomic E-state index is 11.8. The van der Waals surface area contributed by atoms with Crippen molar-refractivity contribution in [1.82, 2.24) is 4.98 Å². The lowest BCUT2D eigenvalue weighted by atomic mass is 10.2. The van der Waals surface area contributed by atoms with Gasteiger partial charge in [-0.1, -0.05) is 0 Å². The normalized spacial score (nSPS) is 9.95. The molecule has 0 saturated carbocycles. The minimum Gasteiger partial charge on any atom is -0.378 e. The number of rotatable bonds is 3. The van der Waals surface area contributed by atoms with Gasteiger partial charge in [0.2, 0.25) is 0 Å². The number of nitrogens with one attached hydrogen (secondary N) is 2. The van der Waals surface area contributed by atoms with E-state index in [1.807, 2.05) is 62.3 Å². The van der Waals surface area contributed by atoms with Crippen LogP contribution in [-0.2, 0) is 0 Å². The topological polar surface area (TPSA) is 57.3 Å². The van der Waals surface area contributed by atoms with Crippen molar-refractivity contribution in [2.75, 3.05) is 29.6 Å². The standard InChI is InChI=1S/C15H18N4O/c1-11-4-5-13(10-16-11)18-15(20)17-12-6-8-14(9-7-12)19(2)3/h4-10H,1-3H3,(H2,17,18,20). The zero-order valence-electron chi connectivity index (χ0n) is 11.8. The molecule has 0 fully saturated rings. The second-order valence-corrected chi connectivity index (χ2v) is 4.71. The molecule has 5 nitrogen and oxygen atoms in total. The molecule has 0 bridgehead atoms. The van der Waals surface area contributed by atoms with Gasteiger partial charge in [-0.2, -0.15) is 0 Å². The maximum Gasteiger partial charge on any atom is 0.323 e. The summed E-state index contributed by atoms with van der Waals surface area (Å²) in [5.74, 6) is 0. The molecule has 1 heterocycles. The molecule has 1 aromatic heterocycles. The lowest BCUT2D eigenvalue weighted by Gasteiger charge is -2.13. The second kappa shape index (κ2) is 6.06. The Kier molecular flexibility index (Phi) is 4.20. The quantitative estimate of drug-likeness (QED) is 0.901. The summed E-state index contributed by atoms with van der Waals surface area (Å²) < 4.78 is 0. The summed E-state index contributed by atoms with van der Waals surface area (Å²) in [4.78, 5) is 17.9. The van der Waals surface area contributed by atoms with Crippen LogP contribution < -0.4 is 15.5 Å². The third-order valence-electron chi connectivity index (χ3n) is 2.81. The Balaban J connectivity index is 1.95. The van der Waals surface area contributed by atoms with Crippen molar-refractivity contribution in [3.63, 3.8) is 0 Å². The van der Waals surface area contributed by atoms with E-state index in [4.69, 9.17) is 0 Å². The van der Waals surface area contributed by atoms with E-state index in [9.17, 15) is 4.79 Å². The maximum absolute atomic E-state index is 11.8. The summed E-state index contributed by atoms with van der Waals surface area (Å²) >= 11 is 0. The molecule has 0 aliphatic carbocycles. The van der Waals surface area contributed by atoms with Gasteiger partial charge in [-0.05, 0) is 43.3 Å². The lowest BCUT2D eigenvalue weighted by Crippen LogP contribution is -2.19. The SMILES string of the molecule is Cc1ccc(NC(=O)Nc2ccc(N(C)C)cc2)cn1. The molecule has 5 heteroatoms. The first-order valence-corrected chi connectivity index (χ1v) is 6.32. The Labute approximate surface area is 118 Å². The number of benzene rings is 1. The molecule has 0 aliphatic heterocycles. The van der Waals surface area contributed by atoms with E-state index in [0.29, 0.717) is 5.69 Å². The number of aryl methyl sites for hydroxylation is 1. The van der Waals surface area contributed by atoms with E-state index in [2.05, 4.69) is 15.6 Å². The predicted octanol–water partition coefficient (Wildman–Crippen LogP) is 3.10. The summed E-state index contributed by atoms with van der Waals surface area (Å²) in [7, 11) is 3.94. The highest BCUT2D eigenvalue weighted by Gasteiger charge is 2.03. The van der Waals surface area contributed by atoms with Crippen LogP contribution in [0.5, 0.6) is 0 Å². The van der Waals surface area contributed by atoms with Gasteiger partial charge in [-0.15, -0.1) is 0 Å². The number of hydrogen-bond acceptors (Lipinski definition) is 3. The first-order chi connectivity index (χ1) is 9.54. The zero-order valence-corrected chi connectivity index (χ0v) is 11.8. The van der Waals surface area contributed by atoms with Gasteiger partial charge < -0.3 is 15.5 Å². The predicted molar refractivity (Wildman–Crippen MR) is 82.4 cm³/mol. The molecule has 0 atom stereocenters. The van der Waals surface area contributed by atoms with E-state index in [1.54, 1.807) is 6.20 Å². The van der Waals surface area contributed by atoms with Gasteiger partial charge in [0.05, 0.1) is 11.9 Å². The van der Waals surface area contributed by atoms with Crippen molar-refractivity contribution in [2.24, 2.45) is 0 Å². The number of urea groups is 1. The summed E-state index contributed by atoms with van der Waals surface area (Å²) in [6.45, 7) is 1.90. The van der Waals surface area contributed by atoms with Crippen molar-refractivity contribution >= 4 is 23.1 Å². The fourth-order valence-electron chi connectivity index (χ4n) is 1.68. The monoisotopic (exact) mass is 270 g/mol. The van der Waals surface area contributed by atoms with Crippen LogP contribution >= 0.6 is 0 Å². The number of carbonyl (C=O) groups excluding carboxylic acids is 1. The molecule has 2 amide bonds. The van der Waals surface area contributed by atoms with Crippen LogP contribution in [0, 0.1) is 6.92 Å². The number of nitrogens with zero attached hydrogens (tertiary/aromatic N) is 2. The molecule has 0 saturated heterocycles. The fraction of sp³-hybridized carbons (Fsp3) is 0.200. The van der Waals surface area contributed by atoms with Gasteiger partial charge in [0.1, 0.15) is 0 Å². The van der Waals surface area contributed by atoms with Crippen LogP contribution in [0.25, 0.3) is 0 Å². The Hall–Kier alpha value is -2.56. The molecule has 0 radical (unpaired) electrons. The molecule has 2 rings (SSSR count). The van der Waals surface area contributed by atoms with Crippen molar-refractivity contribution in [3.8, 4) is 0 Å². The smallest absolute Gasteiger partial charge is 0.323 e. The average molecular weight is 270 g/mol.